The Morgan fingerprint density at radius 2 is 1.80 bits per heavy atom. The Morgan fingerprint density at radius 3 is 2.47 bits per heavy atom. The molecule has 1 aliphatic rings. The Labute approximate surface area is 174 Å². The molecule has 0 spiro atoms. The molecular weight excluding hydrogens is 390 g/mol. The zero-order valence-electron chi connectivity index (χ0n) is 17.0. The molecule has 30 heavy (non-hydrogen) atoms. The Morgan fingerprint density at radius 1 is 1.07 bits per heavy atom. The minimum atomic E-state index is -0.938. The molecule has 1 heterocycles. The smallest absolute Gasteiger partial charge is 0.254 e. The van der Waals surface area contributed by atoms with Gasteiger partial charge in [0.15, 0.2) is 11.6 Å². The molecule has 0 saturated carbocycles. The van der Waals surface area contributed by atoms with Gasteiger partial charge in [0.25, 0.3) is 5.91 Å². The van der Waals surface area contributed by atoms with Crippen molar-refractivity contribution in [3.63, 3.8) is 0 Å². The predicted molar refractivity (Wildman–Crippen MR) is 112 cm³/mol. The second kappa shape index (κ2) is 9.58. The highest BCUT2D eigenvalue weighted by Crippen LogP contribution is 2.19. The number of anilines is 1. The molecule has 6 nitrogen and oxygen atoms in total. The molecular formula is C22H24F2N4O2. The minimum Gasteiger partial charge on any atom is -0.336 e. The predicted octanol–water partition coefficient (Wildman–Crippen LogP) is 2.93. The van der Waals surface area contributed by atoms with E-state index in [1.807, 2.05) is 7.05 Å². The number of rotatable bonds is 5. The Hall–Kier alpha value is -3.13. The summed E-state index contributed by atoms with van der Waals surface area (Å²) in [6.45, 7) is 4.52. The topological polar surface area (TPSA) is 65.0 Å². The van der Waals surface area contributed by atoms with Crippen LogP contribution in [0.25, 0.3) is 0 Å². The van der Waals surface area contributed by atoms with Gasteiger partial charge in [0.05, 0.1) is 6.54 Å². The highest BCUT2D eigenvalue weighted by atomic mass is 19.2. The number of carbonyl (C=O) groups is 2. The SMILES string of the molecule is CC(=O)Nc1cc(CN=Cc2ccc(F)c(F)c2)cc(C(=O)N2CCN(C)CC2)c1. The van der Waals surface area contributed by atoms with Crippen LogP contribution in [0.5, 0.6) is 0 Å². The van der Waals surface area contributed by atoms with Crippen molar-refractivity contribution in [3.8, 4) is 0 Å². The van der Waals surface area contributed by atoms with Crippen molar-refractivity contribution in [2.45, 2.75) is 13.5 Å². The average Bonchev–Trinajstić information content (AvgIpc) is 2.70. The lowest BCUT2D eigenvalue weighted by Crippen LogP contribution is -2.47. The van der Waals surface area contributed by atoms with Gasteiger partial charge in [0.1, 0.15) is 0 Å². The number of hydrogen-bond acceptors (Lipinski definition) is 4. The summed E-state index contributed by atoms with van der Waals surface area (Å²) >= 11 is 0. The highest BCUT2D eigenvalue weighted by Gasteiger charge is 2.21. The standard InChI is InChI=1S/C22H24F2N4O2/c1-15(29)26-19-10-17(14-25-13-16-3-4-20(23)21(24)11-16)9-18(12-19)22(30)28-7-5-27(2)6-8-28/h3-4,9-13H,5-8,14H2,1-2H3,(H,26,29). The first-order valence-electron chi connectivity index (χ1n) is 9.66. The molecule has 8 heteroatoms. The molecule has 2 aromatic carbocycles. The number of aliphatic imine (C=N–C) groups is 1. The molecule has 0 aliphatic carbocycles. The fourth-order valence-electron chi connectivity index (χ4n) is 3.22. The van der Waals surface area contributed by atoms with Crippen LogP contribution in [-0.4, -0.2) is 61.1 Å². The largest absolute Gasteiger partial charge is 0.336 e. The molecule has 0 unspecified atom stereocenters. The van der Waals surface area contributed by atoms with E-state index < -0.39 is 11.6 Å². The number of halogens is 2. The van der Waals surface area contributed by atoms with Crippen LogP contribution in [0.2, 0.25) is 0 Å². The second-order valence-electron chi connectivity index (χ2n) is 7.34. The monoisotopic (exact) mass is 414 g/mol. The van der Waals surface area contributed by atoms with Crippen LogP contribution in [0.15, 0.2) is 41.4 Å². The van der Waals surface area contributed by atoms with Crippen molar-refractivity contribution in [1.82, 2.24) is 9.80 Å². The summed E-state index contributed by atoms with van der Waals surface area (Å²) in [5.41, 5.74) is 2.14. The first-order chi connectivity index (χ1) is 14.3. The van der Waals surface area contributed by atoms with Crippen LogP contribution in [0.3, 0.4) is 0 Å². The summed E-state index contributed by atoms with van der Waals surface area (Å²) in [6.07, 6.45) is 1.44. The van der Waals surface area contributed by atoms with Crippen LogP contribution < -0.4 is 5.32 Å². The van der Waals surface area contributed by atoms with E-state index in [-0.39, 0.29) is 18.4 Å². The van der Waals surface area contributed by atoms with Crippen molar-refractivity contribution in [2.24, 2.45) is 4.99 Å². The van der Waals surface area contributed by atoms with Crippen LogP contribution >= 0.6 is 0 Å². The molecule has 2 amide bonds. The van der Waals surface area contributed by atoms with Crippen molar-refractivity contribution in [3.05, 3.63) is 64.7 Å². The molecule has 1 saturated heterocycles. The number of carbonyl (C=O) groups excluding carboxylic acids is 2. The van der Waals surface area contributed by atoms with Gasteiger partial charge in [-0.1, -0.05) is 6.07 Å². The van der Waals surface area contributed by atoms with Crippen LogP contribution in [0, 0.1) is 11.6 Å². The Bertz CT molecular complexity index is 970. The average molecular weight is 414 g/mol. The summed E-state index contributed by atoms with van der Waals surface area (Å²) in [4.78, 5) is 32.7. The molecule has 1 fully saturated rings. The molecule has 0 radical (unpaired) electrons. The van der Waals surface area contributed by atoms with E-state index >= 15 is 0 Å². The van der Waals surface area contributed by atoms with E-state index in [1.165, 1.54) is 19.2 Å². The van der Waals surface area contributed by atoms with Gasteiger partial charge in [-0.3, -0.25) is 14.6 Å². The van der Waals surface area contributed by atoms with E-state index in [9.17, 15) is 18.4 Å². The summed E-state index contributed by atoms with van der Waals surface area (Å²) in [5.74, 6) is -2.19. The van der Waals surface area contributed by atoms with Crippen LogP contribution in [0.1, 0.15) is 28.4 Å². The summed E-state index contributed by atoms with van der Waals surface area (Å²) in [7, 11) is 2.02. The van der Waals surface area contributed by atoms with E-state index in [4.69, 9.17) is 0 Å². The van der Waals surface area contributed by atoms with Gasteiger partial charge in [-0.15, -0.1) is 0 Å². The molecule has 158 valence electrons. The number of nitrogens with one attached hydrogen (secondary N) is 1. The van der Waals surface area contributed by atoms with Crippen molar-refractivity contribution < 1.29 is 18.4 Å². The van der Waals surface area contributed by atoms with Gasteiger partial charge in [-0.25, -0.2) is 8.78 Å². The second-order valence-corrected chi connectivity index (χ2v) is 7.34. The lowest BCUT2D eigenvalue weighted by atomic mass is 10.1. The number of nitrogens with zero attached hydrogens (tertiary/aromatic N) is 3. The zero-order chi connectivity index (χ0) is 21.7. The first-order valence-corrected chi connectivity index (χ1v) is 9.66. The minimum absolute atomic E-state index is 0.0962. The third-order valence-electron chi connectivity index (χ3n) is 4.81. The third-order valence-corrected chi connectivity index (χ3v) is 4.81. The lowest BCUT2D eigenvalue weighted by Gasteiger charge is -2.32. The quantitative estimate of drug-likeness (QED) is 0.766. The van der Waals surface area contributed by atoms with Gasteiger partial charge in [-0.2, -0.15) is 0 Å². The normalized spacial score (nSPS) is 14.9. The maximum Gasteiger partial charge on any atom is 0.254 e. The molecule has 0 aromatic heterocycles. The number of benzene rings is 2. The van der Waals surface area contributed by atoms with Crippen molar-refractivity contribution in [2.75, 3.05) is 38.5 Å². The van der Waals surface area contributed by atoms with E-state index in [1.54, 1.807) is 23.1 Å². The van der Waals surface area contributed by atoms with Gasteiger partial charge in [0, 0.05) is 50.6 Å². The molecule has 1 aliphatic heterocycles. The van der Waals surface area contributed by atoms with E-state index in [0.29, 0.717) is 29.9 Å². The molecule has 0 atom stereocenters. The molecule has 1 N–H and O–H groups in total. The molecule has 2 aromatic rings. The van der Waals surface area contributed by atoms with Gasteiger partial charge < -0.3 is 15.1 Å². The maximum atomic E-state index is 13.3. The van der Waals surface area contributed by atoms with Gasteiger partial charge >= 0.3 is 0 Å². The Kier molecular flexibility index (Phi) is 6.89. The fourth-order valence-corrected chi connectivity index (χ4v) is 3.22. The number of piperazine rings is 1. The fraction of sp³-hybridized carbons (Fsp3) is 0.318. The van der Waals surface area contributed by atoms with Crippen molar-refractivity contribution >= 4 is 23.7 Å². The summed E-state index contributed by atoms with van der Waals surface area (Å²) in [5, 5.41) is 2.71. The van der Waals surface area contributed by atoms with E-state index in [2.05, 4.69) is 15.2 Å². The summed E-state index contributed by atoms with van der Waals surface area (Å²) < 4.78 is 26.4. The highest BCUT2D eigenvalue weighted by molar-refractivity contribution is 5.97. The van der Waals surface area contributed by atoms with E-state index in [0.717, 1.165) is 30.8 Å². The number of likely N-dealkylation sites (N-methyl/N-ethyl adjacent to an activating group) is 1. The first kappa shape index (κ1) is 21.6. The molecule has 3 rings (SSSR count). The van der Waals surface area contributed by atoms with Gasteiger partial charge in [0.2, 0.25) is 5.91 Å². The van der Waals surface area contributed by atoms with Crippen LogP contribution in [-0.2, 0) is 11.3 Å². The number of amides is 2. The molecule has 0 bridgehead atoms. The third kappa shape index (κ3) is 5.70. The maximum absolute atomic E-state index is 13.3. The number of hydrogen-bond donors (Lipinski definition) is 1. The Balaban J connectivity index is 1.79. The zero-order valence-corrected chi connectivity index (χ0v) is 17.0. The summed E-state index contributed by atoms with van der Waals surface area (Å²) in [6, 6.07) is 8.68. The lowest BCUT2D eigenvalue weighted by molar-refractivity contribution is -0.114. The van der Waals surface area contributed by atoms with Gasteiger partial charge in [-0.05, 0) is 48.5 Å². The van der Waals surface area contributed by atoms with Crippen molar-refractivity contribution in [1.29, 1.82) is 0 Å². The van der Waals surface area contributed by atoms with Crippen LogP contribution in [0.4, 0.5) is 14.5 Å².